The number of carbonyl (C=O) groups is 2. The van der Waals surface area contributed by atoms with Crippen LogP contribution in [0, 0.1) is 22.7 Å². The van der Waals surface area contributed by atoms with Crippen LogP contribution in [0.5, 0.6) is 0 Å². The summed E-state index contributed by atoms with van der Waals surface area (Å²) in [4.78, 5) is 23.1. The summed E-state index contributed by atoms with van der Waals surface area (Å²) in [7, 11) is 0. The molecule has 0 N–H and O–H groups in total. The lowest BCUT2D eigenvalue weighted by Gasteiger charge is -2.34. The van der Waals surface area contributed by atoms with Gasteiger partial charge >= 0.3 is 11.9 Å². The lowest BCUT2D eigenvalue weighted by molar-refractivity contribution is -0.181. The number of hydrogen-bond acceptors (Lipinski definition) is 5. The van der Waals surface area contributed by atoms with Gasteiger partial charge in [0.2, 0.25) is 0 Å². The Morgan fingerprint density at radius 1 is 1.67 bits per heavy atom. The van der Waals surface area contributed by atoms with Crippen LogP contribution in [0.2, 0.25) is 0 Å². The van der Waals surface area contributed by atoms with E-state index in [1.165, 1.54) is 0 Å². The van der Waals surface area contributed by atoms with Crippen LogP contribution >= 0.6 is 0 Å². The zero-order valence-corrected chi connectivity index (χ0v) is 10.4. The molecule has 4 atom stereocenters. The molecule has 5 nitrogen and oxygen atoms in total. The monoisotopic (exact) mass is 249 g/mol. The van der Waals surface area contributed by atoms with Crippen LogP contribution in [-0.2, 0) is 19.1 Å². The second-order valence-corrected chi connectivity index (χ2v) is 5.19. The number of ether oxygens (including phenoxy) is 2. The summed E-state index contributed by atoms with van der Waals surface area (Å²) in [5, 5.41) is 9.35. The molecule has 2 bridgehead atoms. The molecule has 96 valence electrons. The van der Waals surface area contributed by atoms with E-state index >= 15 is 0 Å². The van der Waals surface area contributed by atoms with Crippen LogP contribution in [-0.4, -0.2) is 24.1 Å². The minimum Gasteiger partial charge on any atom is -0.458 e. The van der Waals surface area contributed by atoms with Crippen LogP contribution in [0.25, 0.3) is 0 Å². The highest BCUT2D eigenvalue weighted by Crippen LogP contribution is 2.50. The summed E-state index contributed by atoms with van der Waals surface area (Å²) < 4.78 is 10.5. The number of nitriles is 1. The number of esters is 2. The van der Waals surface area contributed by atoms with Crippen molar-refractivity contribution >= 4 is 11.9 Å². The summed E-state index contributed by atoms with van der Waals surface area (Å²) >= 11 is 0. The fourth-order valence-electron chi connectivity index (χ4n) is 2.77. The molecule has 2 rings (SSSR count). The predicted molar refractivity (Wildman–Crippen MR) is 61.0 cm³/mol. The fraction of sp³-hybridized carbons (Fsp3) is 0.615. The van der Waals surface area contributed by atoms with Gasteiger partial charge in [0.1, 0.15) is 11.5 Å². The van der Waals surface area contributed by atoms with Crippen LogP contribution in [0.4, 0.5) is 0 Å². The molecule has 1 saturated carbocycles. The van der Waals surface area contributed by atoms with Gasteiger partial charge in [-0.3, -0.25) is 4.79 Å². The van der Waals surface area contributed by atoms with Crippen molar-refractivity contribution in [3.8, 4) is 6.07 Å². The number of rotatable bonds is 2. The second-order valence-electron chi connectivity index (χ2n) is 5.19. The summed E-state index contributed by atoms with van der Waals surface area (Å²) in [5.74, 6) is -0.927. The highest BCUT2D eigenvalue weighted by molar-refractivity contribution is 5.87. The first-order valence-corrected chi connectivity index (χ1v) is 5.87. The molecule has 0 aromatic heterocycles. The lowest BCUT2D eigenvalue weighted by Crippen LogP contribution is -2.47. The summed E-state index contributed by atoms with van der Waals surface area (Å²) in [6, 6.07) is 2.16. The molecule has 1 heterocycles. The average Bonchev–Trinajstić information content (AvgIpc) is 2.46. The van der Waals surface area contributed by atoms with Gasteiger partial charge in [-0.05, 0) is 19.3 Å². The molecule has 0 spiro atoms. The van der Waals surface area contributed by atoms with E-state index in [4.69, 9.17) is 9.47 Å². The van der Waals surface area contributed by atoms with Gasteiger partial charge in [0, 0.05) is 5.57 Å². The van der Waals surface area contributed by atoms with Gasteiger partial charge in [-0.2, -0.15) is 5.26 Å². The highest BCUT2D eigenvalue weighted by atomic mass is 16.6. The van der Waals surface area contributed by atoms with Crippen LogP contribution in [0.15, 0.2) is 12.2 Å². The van der Waals surface area contributed by atoms with E-state index in [0.717, 1.165) is 0 Å². The van der Waals surface area contributed by atoms with Crippen molar-refractivity contribution in [3.63, 3.8) is 0 Å². The van der Waals surface area contributed by atoms with E-state index < -0.39 is 29.6 Å². The topological polar surface area (TPSA) is 76.4 Å². The van der Waals surface area contributed by atoms with Gasteiger partial charge < -0.3 is 9.47 Å². The predicted octanol–water partition coefficient (Wildman–Crippen LogP) is 1.34. The Bertz CT molecular complexity index is 464. The largest absolute Gasteiger partial charge is 0.458 e. The van der Waals surface area contributed by atoms with Gasteiger partial charge in [-0.15, -0.1) is 0 Å². The van der Waals surface area contributed by atoms with E-state index in [2.05, 4.69) is 12.6 Å². The van der Waals surface area contributed by atoms with Gasteiger partial charge in [-0.25, -0.2) is 4.79 Å². The Hall–Kier alpha value is -1.83. The Morgan fingerprint density at radius 2 is 2.33 bits per heavy atom. The van der Waals surface area contributed by atoms with Crippen molar-refractivity contribution in [2.45, 2.75) is 38.9 Å². The number of fused-ring (bicyclic) bond motifs is 2. The third-order valence-corrected chi connectivity index (χ3v) is 3.62. The minimum absolute atomic E-state index is 0.0130. The average molecular weight is 249 g/mol. The molecule has 1 aliphatic carbocycles. The van der Waals surface area contributed by atoms with E-state index in [-0.39, 0.29) is 17.9 Å². The van der Waals surface area contributed by atoms with Crippen molar-refractivity contribution in [1.29, 1.82) is 5.26 Å². The van der Waals surface area contributed by atoms with Crippen LogP contribution in [0.1, 0.15) is 26.7 Å². The summed E-state index contributed by atoms with van der Waals surface area (Å²) in [6.07, 6.45) is -0.708. The molecule has 0 aromatic carbocycles. The quantitative estimate of drug-likeness (QED) is 0.545. The van der Waals surface area contributed by atoms with Gasteiger partial charge in [0.15, 0.2) is 6.10 Å². The first-order valence-electron chi connectivity index (χ1n) is 5.87. The SMILES string of the molecule is C=C(C)C(=O)OC1C2OC(=O)CC1(C#N)CC2C. The van der Waals surface area contributed by atoms with E-state index in [1.54, 1.807) is 6.92 Å². The van der Waals surface area contributed by atoms with E-state index in [0.29, 0.717) is 6.42 Å². The minimum atomic E-state index is -0.940. The number of carbonyl (C=O) groups excluding carboxylic acids is 2. The Labute approximate surface area is 105 Å². The van der Waals surface area contributed by atoms with Gasteiger partial charge in [0.25, 0.3) is 0 Å². The molecule has 0 amide bonds. The first-order chi connectivity index (χ1) is 8.39. The van der Waals surface area contributed by atoms with Crippen molar-refractivity contribution in [3.05, 3.63) is 12.2 Å². The standard InChI is InChI=1S/C13H15NO4/c1-7(2)12(16)18-11-10-8(3)4-13(11,6-14)5-9(15)17-10/h8,10-11H,1,4-5H2,2-3H3. The molecule has 1 saturated heterocycles. The molecule has 2 fully saturated rings. The Balaban J connectivity index is 2.29. The number of hydrogen-bond donors (Lipinski definition) is 0. The molecule has 4 unspecified atom stereocenters. The normalized spacial score (nSPS) is 37.6. The van der Waals surface area contributed by atoms with Gasteiger partial charge in [-0.1, -0.05) is 13.5 Å². The van der Waals surface area contributed by atoms with Crippen molar-refractivity contribution < 1.29 is 19.1 Å². The maximum atomic E-state index is 11.6. The van der Waals surface area contributed by atoms with Crippen LogP contribution < -0.4 is 0 Å². The molecule has 18 heavy (non-hydrogen) atoms. The number of nitrogens with zero attached hydrogens (tertiary/aromatic N) is 1. The van der Waals surface area contributed by atoms with Crippen LogP contribution in [0.3, 0.4) is 0 Å². The maximum Gasteiger partial charge on any atom is 0.333 e. The lowest BCUT2D eigenvalue weighted by atomic mass is 9.80. The summed E-state index contributed by atoms with van der Waals surface area (Å²) in [6.45, 7) is 6.94. The first kappa shape index (κ1) is 12.6. The fourth-order valence-corrected chi connectivity index (χ4v) is 2.77. The molecule has 1 aliphatic heterocycles. The van der Waals surface area contributed by atoms with Crippen molar-refractivity contribution in [2.24, 2.45) is 11.3 Å². The van der Waals surface area contributed by atoms with E-state index in [9.17, 15) is 14.9 Å². The second kappa shape index (κ2) is 4.13. The Kier molecular flexibility index (Phi) is 2.89. The molecular weight excluding hydrogens is 234 g/mol. The van der Waals surface area contributed by atoms with Crippen molar-refractivity contribution in [2.75, 3.05) is 0 Å². The molecular formula is C13H15NO4. The van der Waals surface area contributed by atoms with Crippen molar-refractivity contribution in [1.82, 2.24) is 0 Å². The highest BCUT2D eigenvalue weighted by Gasteiger charge is 2.61. The zero-order valence-electron chi connectivity index (χ0n) is 10.4. The van der Waals surface area contributed by atoms with Gasteiger partial charge in [0.05, 0.1) is 12.5 Å². The third kappa shape index (κ3) is 1.78. The molecule has 5 heteroatoms. The third-order valence-electron chi connectivity index (χ3n) is 3.62. The molecule has 2 aliphatic rings. The smallest absolute Gasteiger partial charge is 0.333 e. The molecule has 0 aromatic rings. The zero-order chi connectivity index (χ0) is 13.5. The van der Waals surface area contributed by atoms with E-state index in [1.807, 2.05) is 6.92 Å². The Morgan fingerprint density at radius 3 is 2.89 bits per heavy atom. The molecule has 0 radical (unpaired) electrons. The summed E-state index contributed by atoms with van der Waals surface area (Å²) in [5.41, 5.74) is -0.670. The maximum absolute atomic E-state index is 11.6.